The lowest BCUT2D eigenvalue weighted by Gasteiger charge is -2.07. The van der Waals surface area contributed by atoms with Gasteiger partial charge < -0.3 is 21.3 Å². The fourth-order valence-electron chi connectivity index (χ4n) is 1.64. The van der Waals surface area contributed by atoms with E-state index in [1.165, 1.54) is 7.11 Å². The molecule has 0 radical (unpaired) electrons. The molecular weight excluding hydrogens is 268 g/mol. The zero-order valence-corrected chi connectivity index (χ0v) is 11.1. The predicted octanol–water partition coefficient (Wildman–Crippen LogP) is 1.37. The first-order valence-electron chi connectivity index (χ1n) is 5.33. The summed E-state index contributed by atoms with van der Waals surface area (Å²) in [6.45, 7) is 0. The highest BCUT2D eigenvalue weighted by molar-refractivity contribution is 5.85. The van der Waals surface area contributed by atoms with Crippen LogP contribution in [0.25, 0.3) is 0 Å². The van der Waals surface area contributed by atoms with Crippen LogP contribution in [0.1, 0.15) is 11.1 Å². The lowest BCUT2D eigenvalue weighted by atomic mass is 10.1. The van der Waals surface area contributed by atoms with E-state index in [9.17, 15) is 5.11 Å². The number of rotatable bonds is 3. The van der Waals surface area contributed by atoms with Crippen LogP contribution in [0.4, 0.5) is 11.8 Å². The molecular formula is C12H15ClN4O2. The third-order valence-electron chi connectivity index (χ3n) is 2.55. The van der Waals surface area contributed by atoms with Crippen molar-refractivity contribution in [1.29, 1.82) is 0 Å². The summed E-state index contributed by atoms with van der Waals surface area (Å²) in [5.74, 6) is 1.01. The Morgan fingerprint density at radius 3 is 2.63 bits per heavy atom. The highest BCUT2D eigenvalue weighted by atomic mass is 35.5. The van der Waals surface area contributed by atoms with Gasteiger partial charge in [-0.2, -0.15) is 4.98 Å². The number of hydrogen-bond donors (Lipinski definition) is 3. The van der Waals surface area contributed by atoms with Crippen LogP contribution in [0.2, 0.25) is 0 Å². The summed E-state index contributed by atoms with van der Waals surface area (Å²) in [7, 11) is 1.50. The van der Waals surface area contributed by atoms with Crippen LogP contribution in [0.5, 0.6) is 11.5 Å². The Labute approximate surface area is 116 Å². The minimum absolute atomic E-state index is 0. The summed E-state index contributed by atoms with van der Waals surface area (Å²) in [6, 6.07) is 5.15. The second kappa shape index (κ2) is 6.10. The SMILES string of the molecule is COc1ccc(Cc2cnc(N)nc2N)cc1O.Cl. The van der Waals surface area contributed by atoms with Gasteiger partial charge in [0.15, 0.2) is 11.5 Å². The van der Waals surface area contributed by atoms with Crippen molar-refractivity contribution in [3.8, 4) is 11.5 Å². The molecule has 19 heavy (non-hydrogen) atoms. The van der Waals surface area contributed by atoms with Gasteiger partial charge in [0.1, 0.15) is 5.82 Å². The number of nitrogens with two attached hydrogens (primary N) is 2. The summed E-state index contributed by atoms with van der Waals surface area (Å²) in [5, 5.41) is 9.68. The Bertz CT molecular complexity index is 578. The Morgan fingerprint density at radius 1 is 1.32 bits per heavy atom. The number of anilines is 2. The van der Waals surface area contributed by atoms with Crippen molar-refractivity contribution in [3.05, 3.63) is 35.5 Å². The number of nitrogen functional groups attached to an aromatic ring is 2. The fourth-order valence-corrected chi connectivity index (χ4v) is 1.64. The van der Waals surface area contributed by atoms with Crippen molar-refractivity contribution < 1.29 is 9.84 Å². The number of halogens is 1. The minimum Gasteiger partial charge on any atom is -0.504 e. The molecule has 0 saturated carbocycles. The molecule has 5 N–H and O–H groups in total. The van der Waals surface area contributed by atoms with Gasteiger partial charge in [0.25, 0.3) is 0 Å². The molecule has 2 rings (SSSR count). The van der Waals surface area contributed by atoms with Crippen LogP contribution in [0.15, 0.2) is 24.4 Å². The summed E-state index contributed by atoms with van der Waals surface area (Å²) in [5.41, 5.74) is 12.8. The van der Waals surface area contributed by atoms with E-state index in [2.05, 4.69) is 9.97 Å². The molecule has 0 spiro atoms. The van der Waals surface area contributed by atoms with Crippen LogP contribution in [0, 0.1) is 0 Å². The average molecular weight is 283 g/mol. The van der Waals surface area contributed by atoms with Gasteiger partial charge >= 0.3 is 0 Å². The minimum atomic E-state index is 0. The van der Waals surface area contributed by atoms with Gasteiger partial charge in [-0.15, -0.1) is 12.4 Å². The van der Waals surface area contributed by atoms with E-state index < -0.39 is 0 Å². The van der Waals surface area contributed by atoms with Crippen molar-refractivity contribution in [2.45, 2.75) is 6.42 Å². The smallest absolute Gasteiger partial charge is 0.221 e. The van der Waals surface area contributed by atoms with Gasteiger partial charge in [-0.25, -0.2) is 4.98 Å². The fraction of sp³-hybridized carbons (Fsp3) is 0.167. The number of aromatic nitrogens is 2. The van der Waals surface area contributed by atoms with Gasteiger partial charge in [-0.05, 0) is 17.7 Å². The first kappa shape index (κ1) is 14.8. The molecule has 0 saturated heterocycles. The maximum Gasteiger partial charge on any atom is 0.221 e. The Morgan fingerprint density at radius 2 is 2.05 bits per heavy atom. The van der Waals surface area contributed by atoms with Crippen LogP contribution >= 0.6 is 12.4 Å². The maximum atomic E-state index is 9.68. The molecule has 102 valence electrons. The topological polar surface area (TPSA) is 107 Å². The number of methoxy groups -OCH3 is 1. The monoisotopic (exact) mass is 282 g/mol. The number of aromatic hydroxyl groups is 1. The molecule has 7 heteroatoms. The highest BCUT2D eigenvalue weighted by Gasteiger charge is 2.07. The van der Waals surface area contributed by atoms with Crippen molar-refractivity contribution in [3.63, 3.8) is 0 Å². The first-order valence-corrected chi connectivity index (χ1v) is 5.33. The van der Waals surface area contributed by atoms with Gasteiger partial charge in [0.2, 0.25) is 5.95 Å². The van der Waals surface area contributed by atoms with Crippen molar-refractivity contribution in [2.24, 2.45) is 0 Å². The molecule has 0 atom stereocenters. The molecule has 0 bridgehead atoms. The summed E-state index contributed by atoms with van der Waals surface area (Å²) >= 11 is 0. The summed E-state index contributed by atoms with van der Waals surface area (Å²) < 4.78 is 4.97. The third kappa shape index (κ3) is 3.38. The number of nitrogens with zero attached hydrogens (tertiary/aromatic N) is 2. The van der Waals surface area contributed by atoms with Crippen molar-refractivity contribution in [2.75, 3.05) is 18.6 Å². The summed E-state index contributed by atoms with van der Waals surface area (Å²) in [4.78, 5) is 7.77. The molecule has 0 amide bonds. The van der Waals surface area contributed by atoms with Gasteiger partial charge in [-0.1, -0.05) is 6.07 Å². The van der Waals surface area contributed by atoms with Gasteiger partial charge in [0.05, 0.1) is 7.11 Å². The third-order valence-corrected chi connectivity index (χ3v) is 2.55. The molecule has 0 aliphatic rings. The molecule has 2 aromatic rings. The second-order valence-corrected chi connectivity index (χ2v) is 3.82. The molecule has 0 fully saturated rings. The molecule has 0 aliphatic carbocycles. The number of phenolic OH excluding ortho intramolecular Hbond substituents is 1. The Kier molecular flexibility index (Phi) is 4.77. The largest absolute Gasteiger partial charge is 0.504 e. The van der Waals surface area contributed by atoms with E-state index in [1.54, 1.807) is 18.3 Å². The highest BCUT2D eigenvalue weighted by Crippen LogP contribution is 2.27. The van der Waals surface area contributed by atoms with E-state index in [0.717, 1.165) is 11.1 Å². The number of benzene rings is 1. The maximum absolute atomic E-state index is 9.68. The second-order valence-electron chi connectivity index (χ2n) is 3.82. The molecule has 6 nitrogen and oxygen atoms in total. The molecule has 0 aliphatic heterocycles. The lowest BCUT2D eigenvalue weighted by molar-refractivity contribution is 0.373. The van der Waals surface area contributed by atoms with E-state index >= 15 is 0 Å². The molecule has 1 aromatic heterocycles. The van der Waals surface area contributed by atoms with E-state index in [1.807, 2.05) is 6.07 Å². The Hall–Kier alpha value is -2.21. The normalized spacial score (nSPS) is 9.74. The molecule has 0 unspecified atom stereocenters. The summed E-state index contributed by atoms with van der Waals surface area (Å²) in [6.07, 6.45) is 2.10. The quantitative estimate of drug-likeness (QED) is 0.785. The Balaban J connectivity index is 0.00000180. The zero-order valence-electron chi connectivity index (χ0n) is 10.3. The van der Waals surface area contributed by atoms with E-state index in [-0.39, 0.29) is 24.1 Å². The van der Waals surface area contributed by atoms with Crippen LogP contribution in [-0.4, -0.2) is 22.2 Å². The van der Waals surface area contributed by atoms with E-state index in [0.29, 0.717) is 18.0 Å². The molecule has 1 aromatic carbocycles. The average Bonchev–Trinajstić information content (AvgIpc) is 2.33. The van der Waals surface area contributed by atoms with Crippen molar-refractivity contribution >= 4 is 24.2 Å². The standard InChI is InChI=1S/C12H14N4O2.ClH/c1-18-10-3-2-7(5-9(10)17)4-8-6-15-12(14)16-11(8)13;/h2-3,5-6,17H,4H2,1H3,(H4,13,14,15,16);1H. The van der Waals surface area contributed by atoms with Gasteiger partial charge in [0, 0.05) is 18.2 Å². The molecule has 1 heterocycles. The van der Waals surface area contributed by atoms with Crippen molar-refractivity contribution in [1.82, 2.24) is 9.97 Å². The van der Waals surface area contributed by atoms with E-state index in [4.69, 9.17) is 16.2 Å². The number of ether oxygens (including phenoxy) is 1. The van der Waals surface area contributed by atoms with Crippen LogP contribution in [-0.2, 0) is 6.42 Å². The predicted molar refractivity (Wildman–Crippen MR) is 75.6 cm³/mol. The first-order chi connectivity index (χ1) is 8.60. The van der Waals surface area contributed by atoms with Crippen LogP contribution < -0.4 is 16.2 Å². The zero-order chi connectivity index (χ0) is 13.1. The number of phenols is 1. The van der Waals surface area contributed by atoms with Gasteiger partial charge in [-0.3, -0.25) is 0 Å². The lowest BCUT2D eigenvalue weighted by Crippen LogP contribution is -2.04. The number of hydrogen-bond acceptors (Lipinski definition) is 6. The van der Waals surface area contributed by atoms with Crippen LogP contribution in [0.3, 0.4) is 0 Å².